The molecule has 2 aromatic rings. The SMILES string of the molecule is CCn1cc(CN(C)C(=O)c2nn(C)c(C(F)(F)F)c2Br)c(C)n1. The number of nitrogens with zero attached hydrogens (tertiary/aromatic N) is 5. The van der Waals surface area contributed by atoms with Crippen LogP contribution in [0.15, 0.2) is 10.7 Å². The molecule has 0 saturated heterocycles. The number of rotatable bonds is 4. The van der Waals surface area contributed by atoms with Gasteiger partial charge in [-0.3, -0.25) is 14.2 Å². The molecule has 0 radical (unpaired) electrons. The fraction of sp³-hybridized carbons (Fsp3) is 0.500. The number of aromatic nitrogens is 4. The van der Waals surface area contributed by atoms with Crippen molar-refractivity contribution in [3.8, 4) is 0 Å². The van der Waals surface area contributed by atoms with Crippen LogP contribution in [0.2, 0.25) is 0 Å². The van der Waals surface area contributed by atoms with E-state index in [9.17, 15) is 18.0 Å². The van der Waals surface area contributed by atoms with Crippen LogP contribution in [0.1, 0.15) is 34.4 Å². The lowest BCUT2D eigenvalue weighted by Crippen LogP contribution is -2.27. The highest BCUT2D eigenvalue weighted by Gasteiger charge is 2.40. The van der Waals surface area contributed by atoms with Gasteiger partial charge in [-0.05, 0) is 29.8 Å². The molecule has 132 valence electrons. The quantitative estimate of drug-likeness (QED) is 0.782. The van der Waals surface area contributed by atoms with Crippen molar-refractivity contribution in [1.82, 2.24) is 24.5 Å². The second kappa shape index (κ2) is 6.58. The van der Waals surface area contributed by atoms with Gasteiger partial charge in [-0.25, -0.2) is 0 Å². The normalized spacial score (nSPS) is 11.8. The van der Waals surface area contributed by atoms with Crippen LogP contribution < -0.4 is 0 Å². The molecule has 0 saturated carbocycles. The minimum Gasteiger partial charge on any atom is -0.336 e. The maximum Gasteiger partial charge on any atom is 0.434 e. The summed E-state index contributed by atoms with van der Waals surface area (Å²) in [5.41, 5.74) is 0.338. The van der Waals surface area contributed by atoms with Crippen LogP contribution in [0.5, 0.6) is 0 Å². The zero-order chi connectivity index (χ0) is 18.2. The Hall–Kier alpha value is -1.84. The van der Waals surface area contributed by atoms with E-state index >= 15 is 0 Å². The van der Waals surface area contributed by atoms with Crippen molar-refractivity contribution in [2.45, 2.75) is 33.1 Å². The number of carbonyl (C=O) groups is 1. The molecule has 0 aromatic carbocycles. The first kappa shape index (κ1) is 18.5. The first-order valence-electron chi connectivity index (χ1n) is 7.14. The molecule has 24 heavy (non-hydrogen) atoms. The van der Waals surface area contributed by atoms with Crippen molar-refractivity contribution in [2.24, 2.45) is 7.05 Å². The standard InChI is InChI=1S/C14H17BrF3N5O/c1-5-23-7-9(8(2)19-23)6-21(3)13(24)11-10(15)12(14(16,17)18)22(4)20-11/h7H,5-6H2,1-4H3. The van der Waals surface area contributed by atoms with Crippen LogP contribution >= 0.6 is 15.9 Å². The van der Waals surface area contributed by atoms with Gasteiger partial charge < -0.3 is 4.90 Å². The summed E-state index contributed by atoms with van der Waals surface area (Å²) in [5.74, 6) is -0.600. The predicted octanol–water partition coefficient (Wildman–Crippen LogP) is 3.00. The van der Waals surface area contributed by atoms with E-state index < -0.39 is 17.8 Å². The molecular formula is C14H17BrF3N5O. The molecule has 2 rings (SSSR count). The summed E-state index contributed by atoms with van der Waals surface area (Å²) >= 11 is 2.85. The van der Waals surface area contributed by atoms with Crippen molar-refractivity contribution in [2.75, 3.05) is 7.05 Å². The molecule has 0 atom stereocenters. The number of halogens is 4. The Morgan fingerprint density at radius 1 is 1.38 bits per heavy atom. The molecule has 0 N–H and O–H groups in total. The van der Waals surface area contributed by atoms with Gasteiger partial charge in [0, 0.05) is 38.9 Å². The highest BCUT2D eigenvalue weighted by molar-refractivity contribution is 9.10. The van der Waals surface area contributed by atoms with Gasteiger partial charge in [0.1, 0.15) is 0 Å². The zero-order valence-corrected chi connectivity index (χ0v) is 15.2. The number of carbonyl (C=O) groups excluding carboxylic acids is 1. The third kappa shape index (κ3) is 3.47. The molecule has 0 bridgehead atoms. The lowest BCUT2D eigenvalue weighted by Gasteiger charge is -2.15. The highest BCUT2D eigenvalue weighted by Crippen LogP contribution is 2.36. The molecular weight excluding hydrogens is 391 g/mol. The Balaban J connectivity index is 2.27. The summed E-state index contributed by atoms with van der Waals surface area (Å²) in [7, 11) is 2.67. The molecule has 1 amide bonds. The monoisotopic (exact) mass is 407 g/mol. The molecule has 2 heterocycles. The van der Waals surface area contributed by atoms with Gasteiger partial charge in [-0.15, -0.1) is 0 Å². The molecule has 10 heteroatoms. The van der Waals surface area contributed by atoms with Crippen molar-refractivity contribution < 1.29 is 18.0 Å². The summed E-state index contributed by atoms with van der Waals surface area (Å²) in [5, 5.41) is 8.00. The molecule has 6 nitrogen and oxygen atoms in total. The summed E-state index contributed by atoms with van der Waals surface area (Å²) in [4.78, 5) is 13.8. The summed E-state index contributed by atoms with van der Waals surface area (Å²) < 4.78 is 41.1. The van der Waals surface area contributed by atoms with Gasteiger partial charge >= 0.3 is 6.18 Å². The maximum atomic E-state index is 13.0. The van der Waals surface area contributed by atoms with Crippen LogP contribution in [0, 0.1) is 6.92 Å². The Bertz CT molecular complexity index is 765. The third-order valence-electron chi connectivity index (χ3n) is 3.59. The minimum atomic E-state index is -4.60. The second-order valence-corrected chi connectivity index (χ2v) is 6.18. The molecule has 0 aliphatic heterocycles. The van der Waals surface area contributed by atoms with Crippen molar-refractivity contribution in [3.05, 3.63) is 33.3 Å². The van der Waals surface area contributed by atoms with E-state index in [1.807, 2.05) is 20.0 Å². The Kier molecular flexibility index (Phi) is 5.07. The van der Waals surface area contributed by atoms with Gasteiger partial charge in [-0.1, -0.05) is 0 Å². The summed E-state index contributed by atoms with van der Waals surface area (Å²) in [6, 6.07) is 0. The fourth-order valence-corrected chi connectivity index (χ4v) is 3.06. The van der Waals surface area contributed by atoms with Crippen LogP contribution in [-0.4, -0.2) is 37.4 Å². The molecule has 0 aliphatic carbocycles. The minimum absolute atomic E-state index is 0.231. The highest BCUT2D eigenvalue weighted by atomic mass is 79.9. The van der Waals surface area contributed by atoms with E-state index in [0.717, 1.165) is 18.3 Å². The Morgan fingerprint density at radius 3 is 2.46 bits per heavy atom. The molecule has 0 spiro atoms. The number of hydrogen-bond acceptors (Lipinski definition) is 3. The average Bonchev–Trinajstić information content (AvgIpc) is 2.97. The summed E-state index contributed by atoms with van der Waals surface area (Å²) in [6.07, 6.45) is -2.79. The lowest BCUT2D eigenvalue weighted by molar-refractivity contribution is -0.144. The van der Waals surface area contributed by atoms with E-state index in [2.05, 4.69) is 26.1 Å². The first-order valence-corrected chi connectivity index (χ1v) is 7.93. The van der Waals surface area contributed by atoms with Gasteiger partial charge in [0.15, 0.2) is 11.4 Å². The van der Waals surface area contributed by atoms with E-state index in [4.69, 9.17) is 0 Å². The van der Waals surface area contributed by atoms with Crippen LogP contribution in [0.4, 0.5) is 13.2 Å². The van der Waals surface area contributed by atoms with Crippen LogP contribution in [0.3, 0.4) is 0 Å². The topological polar surface area (TPSA) is 56.0 Å². The number of aryl methyl sites for hydroxylation is 3. The van der Waals surface area contributed by atoms with Crippen molar-refractivity contribution >= 4 is 21.8 Å². The van der Waals surface area contributed by atoms with E-state index in [1.54, 1.807) is 4.68 Å². The lowest BCUT2D eigenvalue weighted by atomic mass is 10.2. The predicted molar refractivity (Wildman–Crippen MR) is 84.3 cm³/mol. The largest absolute Gasteiger partial charge is 0.434 e. The van der Waals surface area contributed by atoms with Gasteiger partial charge in [0.2, 0.25) is 0 Å². The van der Waals surface area contributed by atoms with Crippen LogP contribution in [0.25, 0.3) is 0 Å². The summed E-state index contributed by atoms with van der Waals surface area (Å²) in [6.45, 7) is 4.68. The molecule has 2 aromatic heterocycles. The second-order valence-electron chi connectivity index (χ2n) is 5.39. The van der Waals surface area contributed by atoms with E-state index in [1.165, 1.54) is 11.9 Å². The number of amides is 1. The average molecular weight is 408 g/mol. The van der Waals surface area contributed by atoms with Crippen LogP contribution in [-0.2, 0) is 26.3 Å². The van der Waals surface area contributed by atoms with Crippen molar-refractivity contribution in [1.29, 1.82) is 0 Å². The maximum absolute atomic E-state index is 13.0. The van der Waals surface area contributed by atoms with E-state index in [0.29, 0.717) is 11.2 Å². The Labute approximate surface area is 145 Å². The Morgan fingerprint density at radius 2 is 2.00 bits per heavy atom. The number of hydrogen-bond donors (Lipinski definition) is 0. The molecule has 0 aliphatic rings. The third-order valence-corrected chi connectivity index (χ3v) is 4.34. The van der Waals surface area contributed by atoms with Gasteiger partial charge in [0.25, 0.3) is 5.91 Å². The van der Waals surface area contributed by atoms with Crippen molar-refractivity contribution in [3.63, 3.8) is 0 Å². The van der Waals surface area contributed by atoms with E-state index in [-0.39, 0.29) is 16.7 Å². The zero-order valence-electron chi connectivity index (χ0n) is 13.6. The molecule has 0 unspecified atom stereocenters. The smallest absolute Gasteiger partial charge is 0.336 e. The molecule has 0 fully saturated rings. The number of alkyl halides is 3. The fourth-order valence-electron chi connectivity index (χ4n) is 2.33. The first-order chi connectivity index (χ1) is 11.1. The van der Waals surface area contributed by atoms with Gasteiger partial charge in [0.05, 0.1) is 10.2 Å². The van der Waals surface area contributed by atoms with Gasteiger partial charge in [-0.2, -0.15) is 23.4 Å².